The van der Waals surface area contributed by atoms with Gasteiger partial charge in [0.2, 0.25) is 0 Å². The van der Waals surface area contributed by atoms with E-state index >= 15 is 0 Å². The lowest BCUT2D eigenvalue weighted by Gasteiger charge is -2.15. The van der Waals surface area contributed by atoms with E-state index in [0.717, 1.165) is 12.0 Å². The van der Waals surface area contributed by atoms with Gasteiger partial charge in [0, 0.05) is 20.1 Å². The Morgan fingerprint density at radius 2 is 2.18 bits per heavy atom. The third-order valence-electron chi connectivity index (χ3n) is 2.37. The minimum Gasteiger partial charge on any atom is -0.367 e. The molecule has 3 heteroatoms. The van der Waals surface area contributed by atoms with Crippen molar-refractivity contribution in [2.75, 3.05) is 13.7 Å². The predicted molar refractivity (Wildman–Crippen MR) is 67.3 cm³/mol. The monoisotopic (exact) mass is 231 g/mol. The number of rotatable bonds is 6. The van der Waals surface area contributed by atoms with Crippen LogP contribution in [-0.4, -0.2) is 19.6 Å². The third-order valence-corrected chi connectivity index (χ3v) is 2.37. The molecule has 0 saturated carbocycles. The van der Waals surface area contributed by atoms with Crippen LogP contribution in [0.5, 0.6) is 0 Å². The van der Waals surface area contributed by atoms with Gasteiger partial charge in [-0.2, -0.15) is 0 Å². The molecule has 90 valence electrons. The summed E-state index contributed by atoms with van der Waals surface area (Å²) >= 11 is 0. The first-order valence-electron chi connectivity index (χ1n) is 5.58. The molecule has 1 rings (SSSR count). The second-order valence-corrected chi connectivity index (χ2v) is 3.63. The molecule has 0 aliphatic carbocycles. The van der Waals surface area contributed by atoms with E-state index in [1.165, 1.54) is 7.11 Å². The summed E-state index contributed by atoms with van der Waals surface area (Å²) in [7, 11) is 1.53. The summed E-state index contributed by atoms with van der Waals surface area (Å²) in [5.41, 5.74) is 0.851. The van der Waals surface area contributed by atoms with E-state index in [1.54, 1.807) is 0 Å². The molecule has 0 aromatic heterocycles. The highest BCUT2D eigenvalue weighted by Gasteiger charge is 2.18. The summed E-state index contributed by atoms with van der Waals surface area (Å²) in [6.45, 7) is 0.579. The molecule has 3 nitrogen and oxygen atoms in total. The van der Waals surface area contributed by atoms with Crippen molar-refractivity contribution >= 4 is 5.91 Å². The van der Waals surface area contributed by atoms with Crippen LogP contribution in [0, 0.1) is 12.3 Å². The number of hydrogen-bond donors (Lipinski definition) is 1. The van der Waals surface area contributed by atoms with Crippen LogP contribution in [0.3, 0.4) is 0 Å². The zero-order chi connectivity index (χ0) is 12.5. The molecule has 1 aromatic rings. The van der Waals surface area contributed by atoms with E-state index < -0.39 is 6.10 Å². The Morgan fingerprint density at radius 3 is 2.76 bits per heavy atom. The molecule has 1 unspecified atom stereocenters. The average Bonchev–Trinajstić information content (AvgIpc) is 2.37. The number of carbonyl (C=O) groups is 1. The fourth-order valence-corrected chi connectivity index (χ4v) is 1.52. The van der Waals surface area contributed by atoms with Crippen LogP contribution in [0.25, 0.3) is 0 Å². The lowest BCUT2D eigenvalue weighted by atomic mass is 10.1. The zero-order valence-electron chi connectivity index (χ0n) is 9.98. The van der Waals surface area contributed by atoms with Gasteiger partial charge in [0.15, 0.2) is 6.10 Å². The molecule has 0 fully saturated rings. The Kier molecular flexibility index (Phi) is 5.84. The molecule has 0 saturated heterocycles. The number of unbranched alkanes of at least 4 members (excludes halogenated alkanes) is 1. The number of carbonyl (C=O) groups excluding carboxylic acids is 1. The highest BCUT2D eigenvalue weighted by molar-refractivity contribution is 5.82. The summed E-state index contributed by atoms with van der Waals surface area (Å²) in [6.07, 6.45) is 6.04. The summed E-state index contributed by atoms with van der Waals surface area (Å²) in [6, 6.07) is 9.41. The van der Waals surface area contributed by atoms with Gasteiger partial charge in [0.05, 0.1) is 0 Å². The van der Waals surface area contributed by atoms with Gasteiger partial charge >= 0.3 is 0 Å². The van der Waals surface area contributed by atoms with E-state index in [2.05, 4.69) is 11.2 Å². The van der Waals surface area contributed by atoms with Crippen molar-refractivity contribution in [3.8, 4) is 12.3 Å². The molecule has 0 aliphatic rings. The van der Waals surface area contributed by atoms with E-state index in [0.29, 0.717) is 13.0 Å². The second kappa shape index (κ2) is 7.48. The summed E-state index contributed by atoms with van der Waals surface area (Å²) in [4.78, 5) is 11.9. The van der Waals surface area contributed by atoms with Crippen LogP contribution < -0.4 is 5.32 Å². The summed E-state index contributed by atoms with van der Waals surface area (Å²) in [5, 5.41) is 2.81. The number of ether oxygens (including phenoxy) is 1. The van der Waals surface area contributed by atoms with Crippen LogP contribution in [0.15, 0.2) is 30.3 Å². The highest BCUT2D eigenvalue weighted by atomic mass is 16.5. The highest BCUT2D eigenvalue weighted by Crippen LogP contribution is 2.15. The van der Waals surface area contributed by atoms with Crippen LogP contribution in [0.1, 0.15) is 24.5 Å². The van der Waals surface area contributed by atoms with Gasteiger partial charge in [0.25, 0.3) is 5.91 Å². The molecule has 1 atom stereocenters. The maximum absolute atomic E-state index is 11.9. The quantitative estimate of drug-likeness (QED) is 0.600. The Labute approximate surface area is 102 Å². The maximum atomic E-state index is 11.9. The lowest BCUT2D eigenvalue weighted by Crippen LogP contribution is -2.31. The zero-order valence-corrected chi connectivity index (χ0v) is 9.98. The van der Waals surface area contributed by atoms with E-state index in [-0.39, 0.29) is 5.91 Å². The first kappa shape index (κ1) is 13.3. The largest absolute Gasteiger partial charge is 0.367 e. The third kappa shape index (κ3) is 4.29. The normalized spacial score (nSPS) is 11.5. The van der Waals surface area contributed by atoms with Gasteiger partial charge in [-0.15, -0.1) is 12.3 Å². The molecule has 0 aliphatic heterocycles. The lowest BCUT2D eigenvalue weighted by molar-refractivity contribution is -0.131. The van der Waals surface area contributed by atoms with Crippen molar-refractivity contribution in [1.29, 1.82) is 0 Å². The van der Waals surface area contributed by atoms with Crippen molar-refractivity contribution < 1.29 is 9.53 Å². The summed E-state index contributed by atoms with van der Waals surface area (Å²) in [5.74, 6) is 2.40. The molecule has 0 bridgehead atoms. The fraction of sp³-hybridized carbons (Fsp3) is 0.357. The number of nitrogens with one attached hydrogen (secondary N) is 1. The maximum Gasteiger partial charge on any atom is 0.253 e. The number of methoxy groups -OCH3 is 1. The topological polar surface area (TPSA) is 38.3 Å². The number of hydrogen-bond acceptors (Lipinski definition) is 2. The molecule has 17 heavy (non-hydrogen) atoms. The van der Waals surface area contributed by atoms with Gasteiger partial charge < -0.3 is 10.1 Å². The molecule has 0 heterocycles. The van der Waals surface area contributed by atoms with Crippen molar-refractivity contribution in [2.45, 2.75) is 18.9 Å². The van der Waals surface area contributed by atoms with Crippen LogP contribution in [0.2, 0.25) is 0 Å². The fourth-order valence-electron chi connectivity index (χ4n) is 1.52. The number of terminal acetylenes is 1. The van der Waals surface area contributed by atoms with Crippen molar-refractivity contribution in [3.05, 3.63) is 35.9 Å². The van der Waals surface area contributed by atoms with Gasteiger partial charge in [-0.1, -0.05) is 30.3 Å². The van der Waals surface area contributed by atoms with Crippen molar-refractivity contribution in [3.63, 3.8) is 0 Å². The molecular formula is C14H17NO2. The smallest absolute Gasteiger partial charge is 0.253 e. The van der Waals surface area contributed by atoms with Gasteiger partial charge in [-0.25, -0.2) is 0 Å². The van der Waals surface area contributed by atoms with Crippen molar-refractivity contribution in [1.82, 2.24) is 5.32 Å². The number of amides is 1. The second-order valence-electron chi connectivity index (χ2n) is 3.63. The minimum absolute atomic E-state index is 0.129. The molecule has 0 radical (unpaired) electrons. The average molecular weight is 231 g/mol. The van der Waals surface area contributed by atoms with E-state index in [4.69, 9.17) is 11.2 Å². The van der Waals surface area contributed by atoms with Crippen LogP contribution >= 0.6 is 0 Å². The van der Waals surface area contributed by atoms with E-state index in [9.17, 15) is 4.79 Å². The molecule has 1 amide bonds. The predicted octanol–water partition coefficient (Wildman–Crippen LogP) is 1.90. The standard InChI is InChI=1S/C14H17NO2/c1-3-4-8-11-15-14(16)13(17-2)12-9-6-5-7-10-12/h1,5-7,9-10,13H,4,8,11H2,2H3,(H,15,16). The first-order valence-corrected chi connectivity index (χ1v) is 5.58. The van der Waals surface area contributed by atoms with E-state index in [1.807, 2.05) is 30.3 Å². The SMILES string of the molecule is C#CCCCNC(=O)C(OC)c1ccccc1. The molecule has 1 N–H and O–H groups in total. The Hall–Kier alpha value is -1.79. The number of benzene rings is 1. The van der Waals surface area contributed by atoms with Gasteiger partial charge in [-0.3, -0.25) is 4.79 Å². The molecule has 1 aromatic carbocycles. The van der Waals surface area contributed by atoms with Crippen LogP contribution in [-0.2, 0) is 9.53 Å². The molecular weight excluding hydrogens is 214 g/mol. The Bertz CT molecular complexity index is 381. The van der Waals surface area contributed by atoms with Crippen LogP contribution in [0.4, 0.5) is 0 Å². The first-order chi connectivity index (χ1) is 8.29. The molecule has 0 spiro atoms. The Morgan fingerprint density at radius 1 is 1.47 bits per heavy atom. The Balaban J connectivity index is 2.51. The van der Waals surface area contributed by atoms with Gasteiger partial charge in [-0.05, 0) is 12.0 Å². The van der Waals surface area contributed by atoms with Gasteiger partial charge in [0.1, 0.15) is 0 Å². The van der Waals surface area contributed by atoms with Crippen molar-refractivity contribution in [2.24, 2.45) is 0 Å². The minimum atomic E-state index is -0.554. The summed E-state index contributed by atoms with van der Waals surface area (Å²) < 4.78 is 5.20.